The van der Waals surface area contributed by atoms with E-state index < -0.39 is 18.2 Å². The Morgan fingerprint density at radius 3 is 2.15 bits per heavy atom. The Bertz CT molecular complexity index is 1130. The van der Waals surface area contributed by atoms with Gasteiger partial charge in [0.05, 0.1) is 12.7 Å². The molecule has 0 saturated heterocycles. The number of hydrogen-bond donors (Lipinski definition) is 2. The highest BCUT2D eigenvalue weighted by Gasteiger charge is 2.59. The van der Waals surface area contributed by atoms with Crippen molar-refractivity contribution in [3.63, 3.8) is 0 Å². The summed E-state index contributed by atoms with van der Waals surface area (Å²) in [5.41, 5.74) is 2.19. The van der Waals surface area contributed by atoms with Crippen molar-refractivity contribution in [2.75, 3.05) is 13.2 Å². The number of unbranched alkanes of at least 4 members (excludes halogenated alkanes) is 12. The molecule has 4 rings (SSSR count). The first kappa shape index (κ1) is 45.5. The number of allylic oxidation sites excluding steroid dienone is 3. The number of aliphatic hydroxyl groups excluding tert-OH is 1. The van der Waals surface area contributed by atoms with E-state index in [1.807, 2.05) is 0 Å². The molecule has 0 aromatic rings. The molecule has 5 heteroatoms. The molecule has 4 aliphatic rings. The zero-order valence-corrected chi connectivity index (χ0v) is 36.1. The summed E-state index contributed by atoms with van der Waals surface area (Å²) in [4.78, 5) is 12.5. The topological polar surface area (TPSA) is 76.0 Å². The lowest BCUT2D eigenvalue weighted by molar-refractivity contribution is -0.175. The van der Waals surface area contributed by atoms with Crippen LogP contribution in [0.2, 0.25) is 0 Å². The van der Waals surface area contributed by atoms with Gasteiger partial charge in [-0.3, -0.25) is 0 Å². The van der Waals surface area contributed by atoms with Gasteiger partial charge in [0.2, 0.25) is 0 Å². The molecule has 6 unspecified atom stereocenters. The smallest absolute Gasteiger partial charge is 0.335 e. The molecule has 3 fully saturated rings. The van der Waals surface area contributed by atoms with Crippen molar-refractivity contribution in [2.24, 2.45) is 46.3 Å². The summed E-state index contributed by atoms with van der Waals surface area (Å²) in [6.45, 7) is 14.9. The molecule has 10 atom stereocenters. The molecule has 312 valence electrons. The lowest BCUT2D eigenvalue weighted by Gasteiger charge is -2.58. The molecular formula is C49H86O5. The predicted molar refractivity (Wildman–Crippen MR) is 226 cm³/mol. The average Bonchev–Trinajstić information content (AvgIpc) is 3.51. The first-order chi connectivity index (χ1) is 26.0. The van der Waals surface area contributed by atoms with E-state index in [0.717, 1.165) is 67.6 Å². The zero-order chi connectivity index (χ0) is 39.0. The van der Waals surface area contributed by atoms with Gasteiger partial charge >= 0.3 is 5.97 Å². The zero-order valence-electron chi connectivity index (χ0n) is 36.1. The van der Waals surface area contributed by atoms with Crippen LogP contribution >= 0.6 is 0 Å². The van der Waals surface area contributed by atoms with E-state index in [-0.39, 0.29) is 18.1 Å². The quantitative estimate of drug-likeness (QED) is 0.0645. The maximum Gasteiger partial charge on any atom is 0.335 e. The van der Waals surface area contributed by atoms with Crippen molar-refractivity contribution in [2.45, 2.75) is 220 Å². The molecule has 5 nitrogen and oxygen atoms in total. The van der Waals surface area contributed by atoms with Crippen molar-refractivity contribution in [1.29, 1.82) is 0 Å². The highest BCUT2D eigenvalue weighted by Crippen LogP contribution is 2.67. The van der Waals surface area contributed by atoms with Gasteiger partial charge in [0.25, 0.3) is 0 Å². The van der Waals surface area contributed by atoms with Crippen molar-refractivity contribution in [1.82, 2.24) is 0 Å². The van der Waals surface area contributed by atoms with Crippen LogP contribution in [0.4, 0.5) is 0 Å². The minimum absolute atomic E-state index is 0.138. The Morgan fingerprint density at radius 1 is 0.833 bits per heavy atom. The molecule has 0 aromatic carbocycles. The number of aliphatic hydroxyl groups is 1. The molecule has 0 amide bonds. The Hall–Kier alpha value is -1.17. The first-order valence-electron chi connectivity index (χ1n) is 23.5. The maximum absolute atomic E-state index is 12.5. The van der Waals surface area contributed by atoms with Crippen molar-refractivity contribution >= 4 is 5.97 Å². The second-order valence-electron chi connectivity index (χ2n) is 19.6. The molecule has 0 radical (unpaired) electrons. The third-order valence-electron chi connectivity index (χ3n) is 15.3. The number of carboxylic acids is 1. The van der Waals surface area contributed by atoms with Gasteiger partial charge in [-0.05, 0) is 130 Å². The summed E-state index contributed by atoms with van der Waals surface area (Å²) in [6, 6.07) is 0. The van der Waals surface area contributed by atoms with Crippen molar-refractivity contribution < 1.29 is 24.5 Å². The number of hydrogen-bond acceptors (Lipinski definition) is 4. The normalized spacial score (nSPS) is 31.2. The van der Waals surface area contributed by atoms with Gasteiger partial charge < -0.3 is 19.7 Å². The van der Waals surface area contributed by atoms with E-state index in [1.165, 1.54) is 134 Å². The van der Waals surface area contributed by atoms with Crippen LogP contribution in [0.1, 0.15) is 202 Å². The van der Waals surface area contributed by atoms with E-state index in [1.54, 1.807) is 0 Å². The summed E-state index contributed by atoms with van der Waals surface area (Å²) >= 11 is 0. The standard InChI is InChI=1S/C49H86O5/c1-7-8-9-10-11-12-13-14-15-16-17-18-19-20-21-22-34-53-45(36-50)46(47(51)52)54-40-30-32-48(5)39(35-40)26-27-41-43-29-28-42(38(4)25-23-24-37(2)3)49(43,6)33-31-44(41)48/h14-15,26,37-38,40-46,50H,7-13,16-25,27-36H2,1-6H3,(H,51,52)/t38-,40?,41?,42-,43?,44?,45?,46?,48+,49-/m1/s1. The molecule has 0 heterocycles. The molecule has 3 saturated carbocycles. The Morgan fingerprint density at radius 2 is 1.50 bits per heavy atom. The maximum atomic E-state index is 12.5. The lowest BCUT2D eigenvalue weighted by Crippen LogP contribution is -2.51. The number of rotatable bonds is 27. The van der Waals surface area contributed by atoms with Crippen LogP contribution in [0.3, 0.4) is 0 Å². The average molecular weight is 755 g/mol. The Labute approximate surface area is 333 Å². The fraction of sp³-hybridized carbons (Fsp3) is 0.898. The van der Waals surface area contributed by atoms with Gasteiger partial charge in [-0.2, -0.15) is 0 Å². The number of carbonyl (C=O) groups is 1. The molecule has 0 spiro atoms. The van der Waals surface area contributed by atoms with Gasteiger partial charge in [-0.25, -0.2) is 4.79 Å². The largest absolute Gasteiger partial charge is 0.479 e. The third-order valence-corrected chi connectivity index (χ3v) is 15.3. The fourth-order valence-electron chi connectivity index (χ4n) is 12.1. The first-order valence-corrected chi connectivity index (χ1v) is 23.5. The Balaban J connectivity index is 1.16. The summed E-state index contributed by atoms with van der Waals surface area (Å²) in [7, 11) is 0. The molecule has 0 aliphatic heterocycles. The number of aliphatic carboxylic acids is 1. The van der Waals surface area contributed by atoms with Crippen LogP contribution in [0.25, 0.3) is 0 Å². The van der Waals surface area contributed by atoms with Gasteiger partial charge in [0.1, 0.15) is 6.10 Å². The van der Waals surface area contributed by atoms with Crippen LogP contribution < -0.4 is 0 Å². The van der Waals surface area contributed by atoms with Gasteiger partial charge in [0.15, 0.2) is 6.10 Å². The van der Waals surface area contributed by atoms with Crippen molar-refractivity contribution in [3.05, 3.63) is 23.8 Å². The summed E-state index contributed by atoms with van der Waals surface area (Å²) < 4.78 is 12.4. The van der Waals surface area contributed by atoms with Crippen LogP contribution in [0.5, 0.6) is 0 Å². The van der Waals surface area contributed by atoms with Crippen LogP contribution in [0, 0.1) is 46.3 Å². The van der Waals surface area contributed by atoms with Crippen molar-refractivity contribution in [3.8, 4) is 0 Å². The highest BCUT2D eigenvalue weighted by atomic mass is 16.6. The molecular weight excluding hydrogens is 669 g/mol. The number of fused-ring (bicyclic) bond motifs is 5. The molecule has 0 aromatic heterocycles. The highest BCUT2D eigenvalue weighted by molar-refractivity contribution is 5.73. The summed E-state index contributed by atoms with van der Waals surface area (Å²) in [5.74, 6) is 3.82. The number of ether oxygens (including phenoxy) is 2. The summed E-state index contributed by atoms with van der Waals surface area (Å²) in [5, 5.41) is 20.4. The van der Waals surface area contributed by atoms with E-state index in [0.29, 0.717) is 12.0 Å². The second kappa shape index (κ2) is 23.3. The van der Waals surface area contributed by atoms with Gasteiger partial charge in [0, 0.05) is 6.61 Å². The monoisotopic (exact) mass is 755 g/mol. The summed E-state index contributed by atoms with van der Waals surface area (Å²) in [6.07, 6.45) is 36.2. The number of carboxylic acid groups (broad SMARTS) is 1. The van der Waals surface area contributed by atoms with Crippen LogP contribution in [0.15, 0.2) is 23.8 Å². The third kappa shape index (κ3) is 12.7. The van der Waals surface area contributed by atoms with Gasteiger partial charge in [-0.15, -0.1) is 0 Å². The fourth-order valence-corrected chi connectivity index (χ4v) is 12.1. The van der Waals surface area contributed by atoms with Crippen LogP contribution in [-0.4, -0.2) is 47.7 Å². The predicted octanol–water partition coefficient (Wildman–Crippen LogP) is 13.3. The SMILES string of the molecule is CCCCCCCCC=CCCCCCCCCOC(CO)C(OC1CC[C@@]2(C)C(=CCC3C2CC[C@@]2(C)C3CC[C@@H]2[C@H](C)CCCC(C)C)C1)C(=O)O. The Kier molecular flexibility index (Phi) is 19.6. The van der Waals surface area contributed by atoms with Gasteiger partial charge in [-0.1, -0.05) is 142 Å². The lowest BCUT2D eigenvalue weighted by atomic mass is 9.47. The van der Waals surface area contributed by atoms with E-state index in [4.69, 9.17) is 9.47 Å². The van der Waals surface area contributed by atoms with Crippen LogP contribution in [-0.2, 0) is 14.3 Å². The molecule has 4 aliphatic carbocycles. The van der Waals surface area contributed by atoms with E-state index >= 15 is 0 Å². The minimum Gasteiger partial charge on any atom is -0.479 e. The van der Waals surface area contributed by atoms with E-state index in [2.05, 4.69) is 59.8 Å². The minimum atomic E-state index is -1.14. The second-order valence-corrected chi connectivity index (χ2v) is 19.6. The molecule has 2 N–H and O–H groups in total. The molecule has 54 heavy (non-hydrogen) atoms. The molecule has 0 bridgehead atoms. The van der Waals surface area contributed by atoms with E-state index in [9.17, 15) is 15.0 Å².